The van der Waals surface area contributed by atoms with Gasteiger partial charge in [0.15, 0.2) is 0 Å². The molecule has 0 aliphatic carbocycles. The molecule has 130 valence electrons. The Morgan fingerprint density at radius 3 is 2.29 bits per heavy atom. The van der Waals surface area contributed by atoms with E-state index in [0.717, 1.165) is 18.7 Å². The maximum atomic E-state index is 6.00. The van der Waals surface area contributed by atoms with E-state index in [2.05, 4.69) is 32.5 Å². The Balaban J connectivity index is 1.83. The molecule has 0 aliphatic rings. The van der Waals surface area contributed by atoms with Crippen LogP contribution in [0.2, 0.25) is 5.28 Å². The molecule has 1 heterocycles. The summed E-state index contributed by atoms with van der Waals surface area (Å²) in [5.74, 6) is 0.961. The molecule has 0 aliphatic heterocycles. The Kier molecular flexibility index (Phi) is 7.75. The number of aromatic nitrogens is 3. The summed E-state index contributed by atoms with van der Waals surface area (Å²) < 4.78 is 0. The van der Waals surface area contributed by atoms with Crippen LogP contribution in [-0.2, 0) is 0 Å². The summed E-state index contributed by atoms with van der Waals surface area (Å²) in [7, 11) is 0. The second kappa shape index (κ2) is 10.1. The second-order valence-electron chi connectivity index (χ2n) is 5.94. The zero-order chi connectivity index (χ0) is 17.2. The predicted octanol–water partition coefficient (Wildman–Crippen LogP) is 5.35. The summed E-state index contributed by atoms with van der Waals surface area (Å²) in [5.41, 5.74) is 2.13. The van der Waals surface area contributed by atoms with E-state index in [0.29, 0.717) is 11.9 Å². The minimum atomic E-state index is 0.185. The maximum absolute atomic E-state index is 6.00. The molecule has 2 rings (SSSR count). The van der Waals surface area contributed by atoms with Gasteiger partial charge >= 0.3 is 0 Å². The SMILES string of the molecule is CCCCCCCCNc1nc(Cl)nc(Nc2ccc(C)cc2)n1. The van der Waals surface area contributed by atoms with Crippen molar-refractivity contribution in [2.75, 3.05) is 17.2 Å². The standard InChI is InChI=1S/C18H26ClN5/c1-3-4-5-6-7-8-13-20-17-22-16(19)23-18(24-17)21-15-11-9-14(2)10-12-15/h9-12H,3-8,13H2,1-2H3,(H2,20,21,22,23,24). The van der Waals surface area contributed by atoms with Crippen molar-refractivity contribution in [1.82, 2.24) is 15.0 Å². The normalized spacial score (nSPS) is 10.6. The highest BCUT2D eigenvalue weighted by Gasteiger charge is 2.05. The first-order valence-corrected chi connectivity index (χ1v) is 9.04. The van der Waals surface area contributed by atoms with Gasteiger partial charge in [-0.2, -0.15) is 15.0 Å². The molecule has 2 aromatic rings. The molecule has 5 nitrogen and oxygen atoms in total. The van der Waals surface area contributed by atoms with E-state index in [1.165, 1.54) is 37.7 Å². The summed E-state index contributed by atoms with van der Waals surface area (Å²) in [5, 5.41) is 6.56. The molecular formula is C18H26ClN5. The summed E-state index contributed by atoms with van der Waals surface area (Å²) >= 11 is 6.00. The number of anilines is 3. The Bertz CT molecular complexity index is 615. The number of hydrogen-bond acceptors (Lipinski definition) is 5. The van der Waals surface area contributed by atoms with Crippen molar-refractivity contribution in [3.63, 3.8) is 0 Å². The van der Waals surface area contributed by atoms with Gasteiger partial charge in [-0.25, -0.2) is 0 Å². The topological polar surface area (TPSA) is 62.7 Å². The molecule has 0 saturated carbocycles. The Morgan fingerprint density at radius 2 is 1.54 bits per heavy atom. The van der Waals surface area contributed by atoms with Crippen molar-refractivity contribution in [1.29, 1.82) is 0 Å². The minimum absolute atomic E-state index is 0.185. The fraction of sp³-hybridized carbons (Fsp3) is 0.500. The zero-order valence-corrected chi connectivity index (χ0v) is 15.2. The lowest BCUT2D eigenvalue weighted by Gasteiger charge is -2.08. The van der Waals surface area contributed by atoms with Gasteiger partial charge in [0.2, 0.25) is 17.2 Å². The van der Waals surface area contributed by atoms with Crippen molar-refractivity contribution in [3.8, 4) is 0 Å². The lowest BCUT2D eigenvalue weighted by Crippen LogP contribution is -2.08. The highest BCUT2D eigenvalue weighted by Crippen LogP contribution is 2.16. The van der Waals surface area contributed by atoms with Crippen molar-refractivity contribution >= 4 is 29.2 Å². The van der Waals surface area contributed by atoms with Crippen LogP contribution >= 0.6 is 11.6 Å². The molecule has 0 spiro atoms. The average Bonchev–Trinajstić information content (AvgIpc) is 2.56. The van der Waals surface area contributed by atoms with Gasteiger partial charge in [0.1, 0.15) is 0 Å². The molecule has 24 heavy (non-hydrogen) atoms. The van der Waals surface area contributed by atoms with Gasteiger partial charge < -0.3 is 10.6 Å². The van der Waals surface area contributed by atoms with Gasteiger partial charge in [0.05, 0.1) is 0 Å². The number of nitrogens with zero attached hydrogens (tertiary/aromatic N) is 3. The molecule has 1 aromatic heterocycles. The van der Waals surface area contributed by atoms with Crippen LogP contribution in [0.3, 0.4) is 0 Å². The smallest absolute Gasteiger partial charge is 0.233 e. The van der Waals surface area contributed by atoms with Crippen LogP contribution in [0, 0.1) is 6.92 Å². The van der Waals surface area contributed by atoms with Crippen molar-refractivity contribution < 1.29 is 0 Å². The second-order valence-corrected chi connectivity index (χ2v) is 6.28. The summed E-state index contributed by atoms with van der Waals surface area (Å²) in [6, 6.07) is 8.03. The number of aryl methyl sites for hydroxylation is 1. The Hall–Kier alpha value is -1.88. The highest BCUT2D eigenvalue weighted by molar-refractivity contribution is 6.28. The first-order chi connectivity index (χ1) is 11.7. The lowest BCUT2D eigenvalue weighted by atomic mass is 10.1. The molecule has 0 amide bonds. The molecule has 0 radical (unpaired) electrons. The molecular weight excluding hydrogens is 322 g/mol. The molecule has 6 heteroatoms. The van der Waals surface area contributed by atoms with E-state index < -0.39 is 0 Å². The number of benzene rings is 1. The zero-order valence-electron chi connectivity index (χ0n) is 14.5. The van der Waals surface area contributed by atoms with Gasteiger partial charge in [0.25, 0.3) is 0 Å². The maximum Gasteiger partial charge on any atom is 0.233 e. The van der Waals surface area contributed by atoms with Crippen LogP contribution in [0.1, 0.15) is 51.0 Å². The molecule has 0 atom stereocenters. The van der Waals surface area contributed by atoms with Crippen molar-refractivity contribution in [2.24, 2.45) is 0 Å². The first kappa shape index (κ1) is 18.5. The van der Waals surface area contributed by atoms with Crippen LogP contribution in [0.25, 0.3) is 0 Å². The van der Waals surface area contributed by atoms with Crippen LogP contribution < -0.4 is 10.6 Å². The van der Waals surface area contributed by atoms with E-state index in [-0.39, 0.29) is 5.28 Å². The Labute approximate surface area is 149 Å². The lowest BCUT2D eigenvalue weighted by molar-refractivity contribution is 0.616. The van der Waals surface area contributed by atoms with Gasteiger partial charge in [-0.05, 0) is 37.1 Å². The molecule has 2 N–H and O–H groups in total. The fourth-order valence-corrected chi connectivity index (χ4v) is 2.52. The molecule has 0 fully saturated rings. The highest BCUT2D eigenvalue weighted by atomic mass is 35.5. The summed E-state index contributed by atoms with van der Waals surface area (Å²) in [6.07, 6.45) is 7.53. The number of hydrogen-bond donors (Lipinski definition) is 2. The molecule has 0 bridgehead atoms. The third-order valence-electron chi connectivity index (χ3n) is 3.73. The van der Waals surface area contributed by atoms with Gasteiger partial charge in [-0.1, -0.05) is 56.7 Å². The summed E-state index contributed by atoms with van der Waals surface area (Å²) in [4.78, 5) is 12.6. The summed E-state index contributed by atoms with van der Waals surface area (Å²) in [6.45, 7) is 5.12. The molecule has 1 aromatic carbocycles. The molecule has 0 saturated heterocycles. The number of nitrogens with one attached hydrogen (secondary N) is 2. The Morgan fingerprint density at radius 1 is 0.875 bits per heavy atom. The van der Waals surface area contributed by atoms with Crippen LogP contribution in [-0.4, -0.2) is 21.5 Å². The molecule has 0 unspecified atom stereocenters. The third-order valence-corrected chi connectivity index (χ3v) is 3.90. The first-order valence-electron chi connectivity index (χ1n) is 8.66. The third kappa shape index (κ3) is 6.71. The van der Waals surface area contributed by atoms with Gasteiger partial charge in [0, 0.05) is 12.2 Å². The predicted molar refractivity (Wildman–Crippen MR) is 101 cm³/mol. The number of halogens is 1. The quantitative estimate of drug-likeness (QED) is 0.567. The van der Waals surface area contributed by atoms with Gasteiger partial charge in [-0.15, -0.1) is 0 Å². The van der Waals surface area contributed by atoms with E-state index in [1.807, 2.05) is 31.2 Å². The van der Waals surface area contributed by atoms with Gasteiger partial charge in [-0.3, -0.25) is 0 Å². The van der Waals surface area contributed by atoms with E-state index in [9.17, 15) is 0 Å². The number of rotatable bonds is 10. The van der Waals surface area contributed by atoms with Crippen molar-refractivity contribution in [3.05, 3.63) is 35.1 Å². The van der Waals surface area contributed by atoms with Crippen LogP contribution in [0.15, 0.2) is 24.3 Å². The van der Waals surface area contributed by atoms with E-state index in [4.69, 9.17) is 11.6 Å². The monoisotopic (exact) mass is 347 g/mol. The van der Waals surface area contributed by atoms with Crippen LogP contribution in [0.4, 0.5) is 17.6 Å². The number of unbranched alkanes of at least 4 members (excludes halogenated alkanes) is 5. The minimum Gasteiger partial charge on any atom is -0.354 e. The van der Waals surface area contributed by atoms with E-state index in [1.54, 1.807) is 0 Å². The average molecular weight is 348 g/mol. The van der Waals surface area contributed by atoms with Crippen LogP contribution in [0.5, 0.6) is 0 Å². The van der Waals surface area contributed by atoms with E-state index >= 15 is 0 Å². The largest absolute Gasteiger partial charge is 0.354 e. The fourth-order valence-electron chi connectivity index (χ4n) is 2.36. The van der Waals surface area contributed by atoms with Crippen molar-refractivity contribution in [2.45, 2.75) is 52.4 Å².